The molecule has 0 spiro atoms. The summed E-state index contributed by atoms with van der Waals surface area (Å²) in [5.74, 6) is -1.59. The molecule has 0 atom stereocenters. The quantitative estimate of drug-likeness (QED) is 0.443. The lowest BCUT2D eigenvalue weighted by Gasteiger charge is -1.92. The van der Waals surface area contributed by atoms with Crippen molar-refractivity contribution < 1.29 is 9.90 Å². The average Bonchev–Trinajstić information content (AvgIpc) is 2.13. The normalized spacial score (nSPS) is 9.33. The molecule has 0 aliphatic rings. The van der Waals surface area contributed by atoms with Crippen LogP contribution in [0.3, 0.4) is 0 Å². The molecule has 0 aliphatic carbocycles. The van der Waals surface area contributed by atoms with Crippen LogP contribution >= 0.6 is 0 Å². The first-order valence-electron chi connectivity index (χ1n) is 2.09. The third-order valence-corrected chi connectivity index (χ3v) is 0.768. The van der Waals surface area contributed by atoms with Crippen molar-refractivity contribution in [3.8, 4) is 0 Å². The van der Waals surface area contributed by atoms with Crippen LogP contribution in [0.5, 0.6) is 0 Å². The van der Waals surface area contributed by atoms with Crippen molar-refractivity contribution in [2.24, 2.45) is 0 Å². The van der Waals surface area contributed by atoms with E-state index in [0.717, 1.165) is 0 Å². The highest BCUT2D eigenvalue weighted by Crippen LogP contribution is 1.97. The molecule has 1 aromatic rings. The number of carbonyl (C=O) groups excluding carboxylic acids is 1. The monoisotopic (exact) mass is 127 g/mol. The first-order chi connectivity index (χ1) is 4.22. The lowest BCUT2D eigenvalue weighted by Crippen LogP contribution is -2.23. The number of nitrogen functional groups attached to an aromatic ring is 1. The lowest BCUT2D eigenvalue weighted by atomic mass is 10.4. The van der Waals surface area contributed by atoms with E-state index in [1.54, 1.807) is 0 Å². The van der Waals surface area contributed by atoms with Gasteiger partial charge in [-0.2, -0.15) is 10.3 Å². The van der Waals surface area contributed by atoms with Gasteiger partial charge in [-0.15, -0.1) is 5.10 Å². The number of carboxylic acids is 1. The second-order valence-electron chi connectivity index (χ2n) is 1.34. The van der Waals surface area contributed by atoms with Gasteiger partial charge in [0.15, 0.2) is 11.5 Å². The van der Waals surface area contributed by atoms with Gasteiger partial charge in [-0.1, -0.05) is 0 Å². The first-order valence-corrected chi connectivity index (χ1v) is 2.09. The number of carboxylic acid groups (broad SMARTS) is 1. The highest BCUT2D eigenvalue weighted by molar-refractivity contribution is 5.88. The first kappa shape index (κ1) is 5.54. The molecule has 48 valence electrons. The summed E-state index contributed by atoms with van der Waals surface area (Å²) in [4.78, 5) is 9.97. The number of aromatic nitrogens is 3. The summed E-state index contributed by atoms with van der Waals surface area (Å²) in [6, 6.07) is 0. The predicted octanol–water partition coefficient (Wildman–Crippen LogP) is -2.25. The molecule has 0 radical (unpaired) electrons. The van der Waals surface area contributed by atoms with Gasteiger partial charge in [-0.3, -0.25) is 0 Å². The number of aromatic carboxylic acids is 1. The summed E-state index contributed by atoms with van der Waals surface area (Å²) in [6.45, 7) is 0. The molecule has 0 saturated carbocycles. The summed E-state index contributed by atoms with van der Waals surface area (Å²) in [5.41, 5.74) is 4.66. The summed E-state index contributed by atoms with van der Waals surface area (Å²) >= 11 is 0. The fourth-order valence-electron chi connectivity index (χ4n) is 0.389. The van der Waals surface area contributed by atoms with Gasteiger partial charge in [0.2, 0.25) is 0 Å². The van der Waals surface area contributed by atoms with E-state index in [1.165, 1.54) is 0 Å². The Morgan fingerprint density at radius 1 is 1.67 bits per heavy atom. The Morgan fingerprint density at radius 2 is 2.33 bits per heavy atom. The summed E-state index contributed by atoms with van der Waals surface area (Å²) in [5, 5.41) is 18.5. The zero-order valence-electron chi connectivity index (χ0n) is 4.29. The molecule has 6 heteroatoms. The Balaban J connectivity index is 3.08. The molecular weight excluding hydrogens is 124 g/mol. The number of anilines is 1. The smallest absolute Gasteiger partial charge is 0.175 e. The second-order valence-corrected chi connectivity index (χ2v) is 1.34. The van der Waals surface area contributed by atoms with E-state index >= 15 is 0 Å². The Labute approximate surface area is 49.7 Å². The Bertz CT molecular complexity index is 229. The minimum absolute atomic E-state index is 0.157. The standard InChI is InChI=1S/C3H4N4O2/c4-2-1(3(8)9)5-7-6-2/h(H,8,9)(H3,4,5,6,7)/p-1. The zero-order chi connectivity index (χ0) is 6.85. The zero-order valence-corrected chi connectivity index (χ0v) is 4.29. The van der Waals surface area contributed by atoms with Crippen molar-refractivity contribution in [2.75, 3.05) is 5.73 Å². The van der Waals surface area contributed by atoms with Crippen molar-refractivity contribution in [1.29, 1.82) is 0 Å². The molecule has 3 N–H and O–H groups in total. The number of rotatable bonds is 1. The average molecular weight is 127 g/mol. The number of nitrogens with zero attached hydrogens (tertiary/aromatic N) is 2. The van der Waals surface area contributed by atoms with Crippen LogP contribution in [-0.4, -0.2) is 21.4 Å². The number of aromatic amines is 1. The summed E-state index contributed by atoms with van der Waals surface area (Å²) < 4.78 is 0. The van der Waals surface area contributed by atoms with Gasteiger partial charge in [0.1, 0.15) is 0 Å². The van der Waals surface area contributed by atoms with Crippen molar-refractivity contribution in [3.63, 3.8) is 0 Å². The van der Waals surface area contributed by atoms with Gasteiger partial charge in [0, 0.05) is 0 Å². The second kappa shape index (κ2) is 1.73. The van der Waals surface area contributed by atoms with Crippen LogP contribution in [0.15, 0.2) is 0 Å². The topological polar surface area (TPSA) is 108 Å². The highest BCUT2D eigenvalue weighted by Gasteiger charge is 2.01. The predicted molar refractivity (Wildman–Crippen MR) is 25.1 cm³/mol. The van der Waals surface area contributed by atoms with Crippen molar-refractivity contribution in [1.82, 2.24) is 15.4 Å². The number of hydrogen-bond acceptors (Lipinski definition) is 5. The number of nitrogens with one attached hydrogen (secondary N) is 1. The van der Waals surface area contributed by atoms with Gasteiger partial charge in [-0.05, 0) is 0 Å². The van der Waals surface area contributed by atoms with E-state index < -0.39 is 5.97 Å². The maximum absolute atomic E-state index is 9.97. The third-order valence-electron chi connectivity index (χ3n) is 0.768. The van der Waals surface area contributed by atoms with Crippen molar-refractivity contribution in [3.05, 3.63) is 5.69 Å². The van der Waals surface area contributed by atoms with Crippen LogP contribution in [0.25, 0.3) is 0 Å². The minimum atomic E-state index is -1.43. The van der Waals surface area contributed by atoms with Crippen LogP contribution in [0.4, 0.5) is 5.82 Å². The van der Waals surface area contributed by atoms with Crippen LogP contribution in [0, 0.1) is 0 Å². The van der Waals surface area contributed by atoms with Gasteiger partial charge in [-0.25, -0.2) is 0 Å². The van der Waals surface area contributed by atoms with Crippen LogP contribution < -0.4 is 10.8 Å². The highest BCUT2D eigenvalue weighted by atomic mass is 16.4. The molecule has 0 fully saturated rings. The molecule has 9 heavy (non-hydrogen) atoms. The fraction of sp³-hybridized carbons (Fsp3) is 0. The molecule has 0 saturated heterocycles. The summed E-state index contributed by atoms with van der Waals surface area (Å²) in [6.07, 6.45) is 0. The molecule has 0 aliphatic heterocycles. The lowest BCUT2D eigenvalue weighted by molar-refractivity contribution is -0.255. The molecule has 1 heterocycles. The maximum Gasteiger partial charge on any atom is 0.175 e. The van der Waals surface area contributed by atoms with Crippen molar-refractivity contribution >= 4 is 11.8 Å². The SMILES string of the molecule is Nc1n[nH]nc1C(=O)[O-]. The van der Waals surface area contributed by atoms with Crippen LogP contribution in [-0.2, 0) is 0 Å². The summed E-state index contributed by atoms with van der Waals surface area (Å²) in [7, 11) is 0. The maximum atomic E-state index is 9.97. The number of carbonyl (C=O) groups is 1. The Kier molecular flexibility index (Phi) is 1.07. The number of hydrogen-bond donors (Lipinski definition) is 2. The van der Waals surface area contributed by atoms with Gasteiger partial charge < -0.3 is 15.6 Å². The molecule has 0 aromatic carbocycles. The molecule has 0 bridgehead atoms. The van der Waals surface area contributed by atoms with Crippen LogP contribution in [0.1, 0.15) is 10.5 Å². The number of H-pyrrole nitrogens is 1. The number of nitrogens with two attached hydrogens (primary N) is 1. The third kappa shape index (κ3) is 0.809. The molecule has 1 rings (SSSR count). The van der Waals surface area contributed by atoms with E-state index in [9.17, 15) is 9.90 Å². The van der Waals surface area contributed by atoms with E-state index in [2.05, 4.69) is 10.2 Å². The Hall–Kier alpha value is -1.59. The molecule has 6 nitrogen and oxygen atoms in total. The molecule has 1 aromatic heterocycles. The van der Waals surface area contributed by atoms with Gasteiger partial charge in [0.25, 0.3) is 0 Å². The fourth-order valence-corrected chi connectivity index (χ4v) is 0.389. The molecule has 0 unspecified atom stereocenters. The Morgan fingerprint density at radius 3 is 2.56 bits per heavy atom. The van der Waals surface area contributed by atoms with Crippen molar-refractivity contribution in [2.45, 2.75) is 0 Å². The molecular formula is C3H3N4O2-. The van der Waals surface area contributed by atoms with Gasteiger partial charge in [0.05, 0.1) is 5.97 Å². The van der Waals surface area contributed by atoms with E-state index in [4.69, 9.17) is 5.73 Å². The largest absolute Gasteiger partial charge is 0.543 e. The minimum Gasteiger partial charge on any atom is -0.543 e. The van der Waals surface area contributed by atoms with E-state index in [-0.39, 0.29) is 11.5 Å². The van der Waals surface area contributed by atoms with Gasteiger partial charge >= 0.3 is 0 Å². The van der Waals surface area contributed by atoms with E-state index in [1.807, 2.05) is 5.21 Å². The van der Waals surface area contributed by atoms with Crippen LogP contribution in [0.2, 0.25) is 0 Å². The molecule has 0 amide bonds. The van der Waals surface area contributed by atoms with E-state index in [0.29, 0.717) is 0 Å².